The molecular formula is C29H29NO4. The third-order valence-electron chi connectivity index (χ3n) is 5.81. The molecule has 1 amide bonds. The van der Waals surface area contributed by atoms with Gasteiger partial charge >= 0.3 is 0 Å². The van der Waals surface area contributed by atoms with Crippen molar-refractivity contribution in [1.29, 1.82) is 0 Å². The largest absolute Gasteiger partial charge is 0.507 e. The van der Waals surface area contributed by atoms with E-state index in [0.717, 1.165) is 11.1 Å². The normalized spacial score (nSPS) is 17.4. The summed E-state index contributed by atoms with van der Waals surface area (Å²) in [7, 11) is 0. The van der Waals surface area contributed by atoms with Gasteiger partial charge in [0.2, 0.25) is 0 Å². The number of aliphatic hydroxyl groups excluding tert-OH is 1. The van der Waals surface area contributed by atoms with Gasteiger partial charge in [-0.2, -0.15) is 0 Å². The number of hydrogen-bond acceptors (Lipinski definition) is 4. The summed E-state index contributed by atoms with van der Waals surface area (Å²) >= 11 is 0. The maximum absolute atomic E-state index is 13.3. The molecule has 1 aliphatic rings. The van der Waals surface area contributed by atoms with Crippen molar-refractivity contribution < 1.29 is 19.4 Å². The molecule has 4 rings (SSSR count). The Kier molecular flexibility index (Phi) is 6.55. The summed E-state index contributed by atoms with van der Waals surface area (Å²) in [5, 5.41) is 11.2. The highest BCUT2D eigenvalue weighted by Crippen LogP contribution is 2.43. The minimum absolute atomic E-state index is 0.0661. The molecule has 0 aliphatic carbocycles. The van der Waals surface area contributed by atoms with Gasteiger partial charge < -0.3 is 9.84 Å². The molecule has 5 heteroatoms. The topological polar surface area (TPSA) is 66.8 Å². The van der Waals surface area contributed by atoms with Crippen LogP contribution in [0.5, 0.6) is 5.75 Å². The molecule has 1 aliphatic heterocycles. The molecule has 3 aromatic carbocycles. The SMILES string of the molecule is Cc1ccc(/C(O)=C2\C(=O)C(=O)N(c3cccc(C)c3)C2c2cccc(OCC(C)C)c2)cc1. The minimum atomic E-state index is -0.786. The molecule has 1 heterocycles. The zero-order chi connectivity index (χ0) is 24.4. The lowest BCUT2D eigenvalue weighted by Crippen LogP contribution is -2.29. The first kappa shape index (κ1) is 23.3. The van der Waals surface area contributed by atoms with Crippen LogP contribution in [0.25, 0.3) is 5.76 Å². The predicted octanol–water partition coefficient (Wildman–Crippen LogP) is 5.96. The molecule has 0 radical (unpaired) electrons. The average molecular weight is 456 g/mol. The number of rotatable bonds is 6. The number of Topliss-reactive ketones (excluding diaryl/α,β-unsaturated/α-hetero) is 1. The van der Waals surface area contributed by atoms with E-state index in [1.165, 1.54) is 4.90 Å². The van der Waals surface area contributed by atoms with E-state index in [4.69, 9.17) is 4.74 Å². The maximum Gasteiger partial charge on any atom is 0.300 e. The number of carbonyl (C=O) groups is 2. The summed E-state index contributed by atoms with van der Waals surface area (Å²) in [6.07, 6.45) is 0. The molecular weight excluding hydrogens is 426 g/mol. The van der Waals surface area contributed by atoms with Crippen LogP contribution >= 0.6 is 0 Å². The van der Waals surface area contributed by atoms with Crippen molar-refractivity contribution in [3.05, 3.63) is 101 Å². The number of aliphatic hydroxyl groups is 1. The fourth-order valence-electron chi connectivity index (χ4n) is 4.10. The van der Waals surface area contributed by atoms with Gasteiger partial charge in [-0.25, -0.2) is 0 Å². The first-order valence-electron chi connectivity index (χ1n) is 11.4. The van der Waals surface area contributed by atoms with Gasteiger partial charge in [0.15, 0.2) is 0 Å². The number of nitrogens with zero attached hydrogens (tertiary/aromatic N) is 1. The van der Waals surface area contributed by atoms with E-state index < -0.39 is 17.7 Å². The van der Waals surface area contributed by atoms with Crippen molar-refractivity contribution in [2.24, 2.45) is 5.92 Å². The van der Waals surface area contributed by atoms with Crippen molar-refractivity contribution >= 4 is 23.1 Å². The number of hydrogen-bond donors (Lipinski definition) is 1. The highest BCUT2D eigenvalue weighted by molar-refractivity contribution is 6.51. The quantitative estimate of drug-likeness (QED) is 0.283. The summed E-state index contributed by atoms with van der Waals surface area (Å²) in [6, 6.07) is 21.3. The van der Waals surface area contributed by atoms with Crippen molar-refractivity contribution in [2.45, 2.75) is 33.7 Å². The van der Waals surface area contributed by atoms with Crippen LogP contribution in [0.15, 0.2) is 78.4 Å². The number of aryl methyl sites for hydroxylation is 2. The van der Waals surface area contributed by atoms with E-state index in [9.17, 15) is 14.7 Å². The lowest BCUT2D eigenvalue weighted by Gasteiger charge is -2.26. The van der Waals surface area contributed by atoms with Crippen LogP contribution in [0.3, 0.4) is 0 Å². The van der Waals surface area contributed by atoms with Crippen LogP contribution in [-0.2, 0) is 9.59 Å². The van der Waals surface area contributed by atoms with Gasteiger partial charge in [0.1, 0.15) is 11.5 Å². The van der Waals surface area contributed by atoms with Gasteiger partial charge in [0.25, 0.3) is 11.7 Å². The van der Waals surface area contributed by atoms with Crippen LogP contribution in [0.4, 0.5) is 5.69 Å². The Labute approximate surface area is 200 Å². The zero-order valence-corrected chi connectivity index (χ0v) is 19.9. The molecule has 174 valence electrons. The monoisotopic (exact) mass is 455 g/mol. The Hall–Kier alpha value is -3.86. The first-order valence-corrected chi connectivity index (χ1v) is 11.4. The van der Waals surface area contributed by atoms with E-state index in [1.807, 2.05) is 68.4 Å². The van der Waals surface area contributed by atoms with Crippen molar-refractivity contribution in [1.82, 2.24) is 0 Å². The Morgan fingerprint density at radius 3 is 2.32 bits per heavy atom. The zero-order valence-electron chi connectivity index (χ0n) is 19.9. The number of anilines is 1. The number of benzene rings is 3. The molecule has 1 saturated heterocycles. The standard InChI is InChI=1S/C29H29NO4/c1-18(2)17-34-24-10-6-8-22(16-24)26-25(27(31)21-13-11-19(3)12-14-21)28(32)29(33)30(26)23-9-5-7-20(4)15-23/h5-16,18,26,31H,17H2,1-4H3/b27-25+. The first-order chi connectivity index (χ1) is 16.3. The van der Waals surface area contributed by atoms with Crippen LogP contribution in [-0.4, -0.2) is 23.4 Å². The van der Waals surface area contributed by atoms with E-state index in [0.29, 0.717) is 35.1 Å². The van der Waals surface area contributed by atoms with Gasteiger partial charge in [-0.1, -0.05) is 67.9 Å². The summed E-state index contributed by atoms with van der Waals surface area (Å²) in [6.45, 7) is 8.56. The Balaban J connectivity index is 1.89. The second kappa shape index (κ2) is 9.56. The fourth-order valence-corrected chi connectivity index (χ4v) is 4.10. The molecule has 3 aromatic rings. The molecule has 5 nitrogen and oxygen atoms in total. The lowest BCUT2D eigenvalue weighted by molar-refractivity contribution is -0.132. The fraction of sp³-hybridized carbons (Fsp3) is 0.241. The predicted molar refractivity (Wildman–Crippen MR) is 134 cm³/mol. The van der Waals surface area contributed by atoms with Gasteiger partial charge in [0, 0.05) is 11.3 Å². The Morgan fingerprint density at radius 2 is 1.65 bits per heavy atom. The van der Waals surface area contributed by atoms with E-state index in [2.05, 4.69) is 13.8 Å². The highest BCUT2D eigenvalue weighted by Gasteiger charge is 2.47. The van der Waals surface area contributed by atoms with Crippen LogP contribution in [0.2, 0.25) is 0 Å². The van der Waals surface area contributed by atoms with Crippen LogP contribution in [0.1, 0.15) is 42.1 Å². The van der Waals surface area contributed by atoms with Crippen LogP contribution < -0.4 is 9.64 Å². The summed E-state index contributed by atoms with van der Waals surface area (Å²) in [4.78, 5) is 28.1. The maximum atomic E-state index is 13.3. The highest BCUT2D eigenvalue weighted by atomic mass is 16.5. The molecule has 1 N–H and O–H groups in total. The Morgan fingerprint density at radius 1 is 0.941 bits per heavy atom. The molecule has 1 fully saturated rings. The van der Waals surface area contributed by atoms with Crippen molar-refractivity contribution in [3.8, 4) is 5.75 Å². The molecule has 0 aromatic heterocycles. The van der Waals surface area contributed by atoms with Crippen LogP contribution in [0, 0.1) is 19.8 Å². The van der Waals surface area contributed by atoms with E-state index in [-0.39, 0.29) is 11.3 Å². The summed E-state index contributed by atoms with van der Waals surface area (Å²) in [5.41, 5.74) is 3.84. The van der Waals surface area contributed by atoms with Gasteiger partial charge in [0.05, 0.1) is 18.2 Å². The molecule has 1 atom stereocenters. The molecule has 34 heavy (non-hydrogen) atoms. The number of ether oxygens (including phenoxy) is 1. The van der Waals surface area contributed by atoms with E-state index in [1.54, 1.807) is 18.2 Å². The van der Waals surface area contributed by atoms with Gasteiger partial charge in [-0.3, -0.25) is 14.5 Å². The molecule has 0 spiro atoms. The third-order valence-corrected chi connectivity index (χ3v) is 5.81. The molecule has 0 saturated carbocycles. The average Bonchev–Trinajstić information content (AvgIpc) is 3.08. The summed E-state index contributed by atoms with van der Waals surface area (Å²) in [5.74, 6) is -0.567. The molecule has 0 bridgehead atoms. The van der Waals surface area contributed by atoms with Gasteiger partial charge in [-0.05, 0) is 55.2 Å². The number of amides is 1. The number of ketones is 1. The third kappa shape index (κ3) is 4.60. The second-order valence-electron chi connectivity index (χ2n) is 9.15. The van der Waals surface area contributed by atoms with Gasteiger partial charge in [-0.15, -0.1) is 0 Å². The second-order valence-corrected chi connectivity index (χ2v) is 9.15. The van der Waals surface area contributed by atoms with Crippen molar-refractivity contribution in [2.75, 3.05) is 11.5 Å². The summed E-state index contributed by atoms with van der Waals surface area (Å²) < 4.78 is 5.91. The molecule has 1 unspecified atom stereocenters. The smallest absolute Gasteiger partial charge is 0.300 e. The lowest BCUT2D eigenvalue weighted by atomic mass is 9.94. The van der Waals surface area contributed by atoms with Crippen molar-refractivity contribution in [3.63, 3.8) is 0 Å². The Bertz CT molecular complexity index is 1260. The number of carbonyl (C=O) groups excluding carboxylic acids is 2. The minimum Gasteiger partial charge on any atom is -0.507 e. The van der Waals surface area contributed by atoms with E-state index >= 15 is 0 Å².